The Labute approximate surface area is 139 Å². The molecule has 0 aliphatic rings. The molecule has 0 spiro atoms. The van der Waals surface area contributed by atoms with E-state index in [1.807, 2.05) is 12.1 Å². The van der Waals surface area contributed by atoms with Gasteiger partial charge in [-0.2, -0.15) is 5.26 Å². The summed E-state index contributed by atoms with van der Waals surface area (Å²) in [7, 11) is 3.15. The average molecular weight is 320 g/mol. The molecule has 0 bridgehead atoms. The van der Waals surface area contributed by atoms with Crippen molar-refractivity contribution in [3.63, 3.8) is 0 Å². The number of nitriles is 1. The minimum atomic E-state index is -0.222. The summed E-state index contributed by atoms with van der Waals surface area (Å²) in [6, 6.07) is 14.6. The molecule has 5 heteroatoms. The zero-order valence-electron chi connectivity index (χ0n) is 13.4. The summed E-state index contributed by atoms with van der Waals surface area (Å²) < 4.78 is 6.63. The van der Waals surface area contributed by atoms with E-state index in [1.54, 1.807) is 44.5 Å². The first-order chi connectivity index (χ1) is 11.6. The third-order valence-electron chi connectivity index (χ3n) is 4.13. The molecule has 0 atom stereocenters. The standard InChI is InChI=1S/C19H16N2O3/c1-21-17(10-20)18(13-5-3-12(11-22)4-6-13)16-9-14(24-2)7-8-15(16)19(21)23/h3-9,22H,11H2,1-2H3. The van der Waals surface area contributed by atoms with Crippen LogP contribution in [0.15, 0.2) is 47.3 Å². The van der Waals surface area contributed by atoms with Crippen LogP contribution in [0.1, 0.15) is 11.3 Å². The van der Waals surface area contributed by atoms with Crippen LogP contribution in [-0.4, -0.2) is 16.8 Å². The van der Waals surface area contributed by atoms with E-state index >= 15 is 0 Å². The molecule has 0 saturated carbocycles. The number of hydrogen-bond acceptors (Lipinski definition) is 4. The van der Waals surface area contributed by atoms with Crippen LogP contribution in [0.3, 0.4) is 0 Å². The number of methoxy groups -OCH3 is 1. The van der Waals surface area contributed by atoms with E-state index in [-0.39, 0.29) is 17.9 Å². The number of ether oxygens (including phenoxy) is 1. The lowest BCUT2D eigenvalue weighted by Gasteiger charge is -2.14. The summed E-state index contributed by atoms with van der Waals surface area (Å²) in [4.78, 5) is 12.5. The molecule has 2 aromatic carbocycles. The lowest BCUT2D eigenvalue weighted by molar-refractivity contribution is 0.282. The Bertz CT molecular complexity index is 1010. The summed E-state index contributed by atoms with van der Waals surface area (Å²) in [6.07, 6.45) is 0. The second-order valence-corrected chi connectivity index (χ2v) is 5.47. The predicted octanol–water partition coefficient (Wildman–Crippen LogP) is 2.58. The third-order valence-corrected chi connectivity index (χ3v) is 4.13. The van der Waals surface area contributed by atoms with Crippen molar-refractivity contribution in [3.05, 3.63) is 64.1 Å². The van der Waals surface area contributed by atoms with Crippen LogP contribution in [0.2, 0.25) is 0 Å². The highest BCUT2D eigenvalue weighted by atomic mass is 16.5. The molecule has 120 valence electrons. The van der Waals surface area contributed by atoms with Gasteiger partial charge in [-0.3, -0.25) is 4.79 Å². The number of aliphatic hydroxyl groups excluding tert-OH is 1. The van der Waals surface area contributed by atoms with Gasteiger partial charge in [-0.05, 0) is 29.3 Å². The Balaban J connectivity index is 2.45. The van der Waals surface area contributed by atoms with Gasteiger partial charge < -0.3 is 14.4 Å². The van der Waals surface area contributed by atoms with Gasteiger partial charge in [-0.25, -0.2) is 0 Å². The highest BCUT2D eigenvalue weighted by Gasteiger charge is 2.17. The van der Waals surface area contributed by atoms with Crippen LogP contribution < -0.4 is 10.3 Å². The molecule has 3 aromatic rings. The Hall–Kier alpha value is -3.10. The number of hydrogen-bond donors (Lipinski definition) is 1. The maximum absolute atomic E-state index is 12.5. The Kier molecular flexibility index (Phi) is 4.07. The molecule has 0 saturated heterocycles. The molecule has 0 fully saturated rings. The second kappa shape index (κ2) is 6.19. The molecular weight excluding hydrogens is 304 g/mol. The van der Waals surface area contributed by atoms with Crippen molar-refractivity contribution < 1.29 is 9.84 Å². The molecule has 24 heavy (non-hydrogen) atoms. The third kappa shape index (κ3) is 2.43. The topological polar surface area (TPSA) is 75.2 Å². The molecule has 3 rings (SSSR count). The Morgan fingerprint density at radius 2 is 1.88 bits per heavy atom. The highest BCUT2D eigenvalue weighted by molar-refractivity contribution is 5.99. The van der Waals surface area contributed by atoms with Crippen LogP contribution >= 0.6 is 0 Å². The van der Waals surface area contributed by atoms with Crippen molar-refractivity contribution in [2.75, 3.05) is 7.11 Å². The molecule has 0 aliphatic carbocycles. The van der Waals surface area contributed by atoms with E-state index in [0.29, 0.717) is 22.1 Å². The van der Waals surface area contributed by atoms with Gasteiger partial charge in [0.1, 0.15) is 17.5 Å². The minimum absolute atomic E-state index is 0.0484. The molecule has 0 aliphatic heterocycles. The first-order valence-electron chi connectivity index (χ1n) is 7.41. The SMILES string of the molecule is COc1ccc2c(=O)n(C)c(C#N)c(-c3ccc(CO)cc3)c2c1. The van der Waals surface area contributed by atoms with E-state index in [9.17, 15) is 15.2 Å². The van der Waals surface area contributed by atoms with E-state index in [0.717, 1.165) is 11.1 Å². The number of nitrogens with zero attached hydrogens (tertiary/aromatic N) is 2. The summed E-state index contributed by atoms with van der Waals surface area (Å²) in [6.45, 7) is -0.0484. The first-order valence-corrected chi connectivity index (χ1v) is 7.41. The van der Waals surface area contributed by atoms with Crippen LogP contribution in [0.4, 0.5) is 0 Å². The number of fused-ring (bicyclic) bond motifs is 1. The lowest BCUT2D eigenvalue weighted by atomic mass is 9.96. The monoisotopic (exact) mass is 320 g/mol. The van der Waals surface area contributed by atoms with Gasteiger partial charge in [-0.1, -0.05) is 24.3 Å². The summed E-state index contributed by atoms with van der Waals surface area (Å²) in [5.74, 6) is 0.618. The molecule has 5 nitrogen and oxygen atoms in total. The smallest absolute Gasteiger partial charge is 0.259 e. The van der Waals surface area contributed by atoms with Gasteiger partial charge in [0.25, 0.3) is 5.56 Å². The molecular formula is C19H16N2O3. The van der Waals surface area contributed by atoms with Gasteiger partial charge in [0.05, 0.1) is 13.7 Å². The van der Waals surface area contributed by atoms with E-state index in [2.05, 4.69) is 6.07 Å². The van der Waals surface area contributed by atoms with Crippen LogP contribution in [0.5, 0.6) is 5.75 Å². The van der Waals surface area contributed by atoms with Gasteiger partial charge in [0.15, 0.2) is 0 Å². The quantitative estimate of drug-likeness (QED) is 0.805. The number of rotatable bonds is 3. The van der Waals surface area contributed by atoms with Gasteiger partial charge in [0, 0.05) is 23.4 Å². The number of benzene rings is 2. The summed E-state index contributed by atoms with van der Waals surface area (Å²) >= 11 is 0. The van der Waals surface area contributed by atoms with Crippen molar-refractivity contribution >= 4 is 10.8 Å². The van der Waals surface area contributed by atoms with Crippen LogP contribution in [-0.2, 0) is 13.7 Å². The molecule has 0 unspecified atom stereocenters. The van der Waals surface area contributed by atoms with E-state index in [1.165, 1.54) is 4.57 Å². The Morgan fingerprint density at radius 1 is 1.17 bits per heavy atom. The van der Waals surface area contributed by atoms with Gasteiger partial charge in [0.2, 0.25) is 0 Å². The van der Waals surface area contributed by atoms with Crippen LogP contribution in [0.25, 0.3) is 21.9 Å². The van der Waals surface area contributed by atoms with E-state index < -0.39 is 0 Å². The molecule has 0 amide bonds. The fourth-order valence-electron chi connectivity index (χ4n) is 2.82. The van der Waals surface area contributed by atoms with Crippen molar-refractivity contribution in [2.45, 2.75) is 6.61 Å². The van der Waals surface area contributed by atoms with Gasteiger partial charge in [-0.15, -0.1) is 0 Å². The molecule has 1 heterocycles. The lowest BCUT2D eigenvalue weighted by Crippen LogP contribution is -2.20. The number of pyridine rings is 1. The van der Waals surface area contributed by atoms with Crippen LogP contribution in [0, 0.1) is 11.3 Å². The van der Waals surface area contributed by atoms with Crippen molar-refractivity contribution in [2.24, 2.45) is 7.05 Å². The van der Waals surface area contributed by atoms with Gasteiger partial charge >= 0.3 is 0 Å². The summed E-state index contributed by atoms with van der Waals surface area (Å²) in [5.41, 5.74) is 2.33. The minimum Gasteiger partial charge on any atom is -0.497 e. The Morgan fingerprint density at radius 3 is 2.46 bits per heavy atom. The fraction of sp³-hybridized carbons (Fsp3) is 0.158. The average Bonchev–Trinajstić information content (AvgIpc) is 2.64. The zero-order chi connectivity index (χ0) is 17.3. The fourth-order valence-corrected chi connectivity index (χ4v) is 2.82. The van der Waals surface area contributed by atoms with Crippen molar-refractivity contribution in [1.29, 1.82) is 5.26 Å². The number of aromatic nitrogens is 1. The number of aliphatic hydroxyl groups is 1. The normalized spacial score (nSPS) is 10.6. The van der Waals surface area contributed by atoms with E-state index in [4.69, 9.17) is 4.74 Å². The maximum atomic E-state index is 12.5. The largest absolute Gasteiger partial charge is 0.497 e. The highest BCUT2D eigenvalue weighted by Crippen LogP contribution is 2.32. The molecule has 1 N–H and O–H groups in total. The first kappa shape index (κ1) is 15.8. The summed E-state index contributed by atoms with van der Waals surface area (Å²) in [5, 5.41) is 20.0. The van der Waals surface area contributed by atoms with Crippen molar-refractivity contribution in [1.82, 2.24) is 4.57 Å². The maximum Gasteiger partial charge on any atom is 0.259 e. The second-order valence-electron chi connectivity index (χ2n) is 5.47. The van der Waals surface area contributed by atoms with Crippen molar-refractivity contribution in [3.8, 4) is 22.9 Å². The zero-order valence-corrected chi connectivity index (χ0v) is 13.4. The predicted molar refractivity (Wildman–Crippen MR) is 91.8 cm³/mol. The molecule has 0 radical (unpaired) electrons. The molecule has 1 aromatic heterocycles.